The Kier molecular flexibility index (Phi) is 5.85. The molecule has 0 aliphatic heterocycles. The zero-order valence-corrected chi connectivity index (χ0v) is 18.2. The molecule has 1 N–H and O–H groups in total. The van der Waals surface area contributed by atoms with Crippen molar-refractivity contribution in [3.05, 3.63) is 81.7 Å². The molecule has 0 aliphatic carbocycles. The van der Waals surface area contributed by atoms with Crippen molar-refractivity contribution in [1.82, 2.24) is 19.3 Å². The van der Waals surface area contributed by atoms with E-state index in [9.17, 15) is 14.0 Å². The van der Waals surface area contributed by atoms with Gasteiger partial charge in [-0.1, -0.05) is 18.2 Å². The second-order valence-electron chi connectivity index (χ2n) is 7.62. The Morgan fingerprint density at radius 3 is 2.56 bits per heavy atom. The number of carbonyl (C=O) groups is 1. The molecule has 0 aliphatic rings. The number of amides is 1. The predicted octanol–water partition coefficient (Wildman–Crippen LogP) is 3.93. The van der Waals surface area contributed by atoms with Gasteiger partial charge in [0, 0.05) is 25.1 Å². The van der Waals surface area contributed by atoms with E-state index in [1.165, 1.54) is 18.2 Å². The minimum Gasteiger partial charge on any atom is -0.326 e. The third-order valence-electron chi connectivity index (χ3n) is 5.37. The lowest BCUT2D eigenvalue weighted by molar-refractivity contribution is -0.116. The first-order chi connectivity index (χ1) is 15.4. The molecule has 4 rings (SSSR count). The molecule has 2 heterocycles. The van der Waals surface area contributed by atoms with E-state index in [-0.39, 0.29) is 30.1 Å². The molecule has 7 nitrogen and oxygen atoms in total. The van der Waals surface area contributed by atoms with Crippen LogP contribution >= 0.6 is 0 Å². The molecule has 1 amide bonds. The summed E-state index contributed by atoms with van der Waals surface area (Å²) >= 11 is 0. The lowest BCUT2D eigenvalue weighted by Crippen LogP contribution is -2.27. The van der Waals surface area contributed by atoms with Crippen LogP contribution < -0.4 is 10.9 Å². The normalized spacial score (nSPS) is 11.1. The topological polar surface area (TPSA) is 81.8 Å². The number of rotatable bonds is 6. The molecule has 0 atom stereocenters. The zero-order chi connectivity index (χ0) is 22.8. The summed E-state index contributed by atoms with van der Waals surface area (Å²) in [6.07, 6.45) is 0.275. The van der Waals surface area contributed by atoms with Crippen LogP contribution in [0, 0.1) is 19.7 Å². The number of aryl methyl sites for hydroxylation is 4. The van der Waals surface area contributed by atoms with Crippen LogP contribution in [0.15, 0.2) is 53.3 Å². The monoisotopic (exact) mass is 433 g/mol. The molecule has 2 aromatic heterocycles. The summed E-state index contributed by atoms with van der Waals surface area (Å²) < 4.78 is 16.7. The van der Waals surface area contributed by atoms with E-state index in [4.69, 9.17) is 0 Å². The number of benzene rings is 2. The summed E-state index contributed by atoms with van der Waals surface area (Å²) in [5, 5.41) is 7.37. The summed E-state index contributed by atoms with van der Waals surface area (Å²) in [4.78, 5) is 30.2. The van der Waals surface area contributed by atoms with Crippen molar-refractivity contribution in [1.29, 1.82) is 0 Å². The van der Waals surface area contributed by atoms with Gasteiger partial charge in [0.25, 0.3) is 5.56 Å². The van der Waals surface area contributed by atoms with E-state index in [0.717, 1.165) is 5.69 Å². The molecule has 0 radical (unpaired) electrons. The first-order valence-corrected chi connectivity index (χ1v) is 10.5. The second kappa shape index (κ2) is 8.74. The lowest BCUT2D eigenvalue weighted by Gasteiger charge is -2.11. The van der Waals surface area contributed by atoms with E-state index in [2.05, 4.69) is 15.4 Å². The first-order valence-electron chi connectivity index (χ1n) is 10.5. The molecule has 2 aromatic carbocycles. The molecule has 0 saturated carbocycles. The molecule has 8 heteroatoms. The fraction of sp³-hybridized carbons (Fsp3) is 0.250. The Morgan fingerprint density at radius 1 is 1.12 bits per heavy atom. The van der Waals surface area contributed by atoms with Crippen molar-refractivity contribution in [2.45, 2.75) is 40.2 Å². The van der Waals surface area contributed by atoms with Crippen LogP contribution in [0.3, 0.4) is 0 Å². The van der Waals surface area contributed by atoms with Gasteiger partial charge in [0.15, 0.2) is 5.65 Å². The molecular weight excluding hydrogens is 409 g/mol. The fourth-order valence-electron chi connectivity index (χ4n) is 3.73. The summed E-state index contributed by atoms with van der Waals surface area (Å²) in [6.45, 7) is 5.92. The molecule has 0 spiro atoms. The molecule has 32 heavy (non-hydrogen) atoms. The molecule has 164 valence electrons. The zero-order valence-electron chi connectivity index (χ0n) is 18.2. The highest BCUT2D eigenvalue weighted by atomic mass is 19.1. The number of aromatic nitrogens is 4. The number of carbonyl (C=O) groups excluding carboxylic acids is 1. The number of nitrogens with one attached hydrogen (secondary N) is 1. The Hall–Kier alpha value is -3.81. The number of fused-ring (bicyclic) bond motifs is 1. The van der Waals surface area contributed by atoms with Crippen molar-refractivity contribution in [2.75, 3.05) is 5.32 Å². The van der Waals surface area contributed by atoms with Crippen LogP contribution in [-0.2, 0) is 17.8 Å². The number of halogens is 1. The van der Waals surface area contributed by atoms with E-state index < -0.39 is 0 Å². The third-order valence-corrected chi connectivity index (χ3v) is 5.37. The quantitative estimate of drug-likeness (QED) is 0.500. The number of hydrogen-bond donors (Lipinski definition) is 1. The number of hydrogen-bond acceptors (Lipinski definition) is 4. The average molecular weight is 433 g/mol. The summed E-state index contributed by atoms with van der Waals surface area (Å²) in [6, 6.07) is 13.8. The van der Waals surface area contributed by atoms with Crippen LogP contribution in [0.25, 0.3) is 16.9 Å². The Balaban J connectivity index is 1.64. The van der Waals surface area contributed by atoms with Gasteiger partial charge in [-0.2, -0.15) is 5.10 Å². The molecule has 4 aromatic rings. The van der Waals surface area contributed by atoms with Crippen LogP contribution in [-0.4, -0.2) is 25.2 Å². The minimum atomic E-state index is -0.357. The Labute approximate surface area is 184 Å². The number of nitrogens with zero attached hydrogens (tertiary/aromatic N) is 4. The van der Waals surface area contributed by atoms with Gasteiger partial charge in [-0.05, 0) is 56.7 Å². The molecule has 0 unspecified atom stereocenters. The van der Waals surface area contributed by atoms with Crippen LogP contribution in [0.4, 0.5) is 10.1 Å². The molecule has 0 saturated heterocycles. The van der Waals surface area contributed by atoms with Gasteiger partial charge in [-0.15, -0.1) is 0 Å². The van der Waals surface area contributed by atoms with Gasteiger partial charge in [-0.3, -0.25) is 14.2 Å². The molecule has 0 fully saturated rings. The highest BCUT2D eigenvalue weighted by molar-refractivity contribution is 5.91. The van der Waals surface area contributed by atoms with Crippen molar-refractivity contribution in [2.24, 2.45) is 0 Å². The second-order valence-corrected chi connectivity index (χ2v) is 7.62. The lowest BCUT2D eigenvalue weighted by atomic mass is 10.1. The van der Waals surface area contributed by atoms with Gasteiger partial charge in [0.05, 0.1) is 11.4 Å². The van der Waals surface area contributed by atoms with Gasteiger partial charge in [-0.25, -0.2) is 14.1 Å². The maximum absolute atomic E-state index is 13.3. The van der Waals surface area contributed by atoms with Crippen molar-refractivity contribution in [3.8, 4) is 5.69 Å². The highest BCUT2D eigenvalue weighted by Crippen LogP contribution is 2.20. The van der Waals surface area contributed by atoms with E-state index in [0.29, 0.717) is 40.3 Å². The van der Waals surface area contributed by atoms with Crippen molar-refractivity contribution < 1.29 is 9.18 Å². The van der Waals surface area contributed by atoms with Crippen LogP contribution in [0.5, 0.6) is 0 Å². The largest absolute Gasteiger partial charge is 0.326 e. The summed E-state index contributed by atoms with van der Waals surface area (Å²) in [7, 11) is 0. The average Bonchev–Trinajstić information content (AvgIpc) is 3.11. The molecular formula is C24H24FN5O2. The van der Waals surface area contributed by atoms with Gasteiger partial charge in [0.1, 0.15) is 17.0 Å². The number of anilines is 1. The maximum Gasteiger partial charge on any atom is 0.273 e. The summed E-state index contributed by atoms with van der Waals surface area (Å²) in [5.41, 5.74) is 4.09. The van der Waals surface area contributed by atoms with E-state index in [1.807, 2.05) is 44.2 Å². The Morgan fingerprint density at radius 2 is 1.88 bits per heavy atom. The standard InChI is InChI=1S/C24H24FN5O2/c1-4-29-23-22(16(3)28-30(23)18-8-6-5-7-9-18)27-20(24(29)32)12-13-21(31)26-19-11-10-17(25)14-15(19)2/h5-11,14H,4,12-13H2,1-3H3,(H,26,31). The van der Waals surface area contributed by atoms with Gasteiger partial charge in [0.2, 0.25) is 5.91 Å². The highest BCUT2D eigenvalue weighted by Gasteiger charge is 2.19. The number of para-hydroxylation sites is 1. The summed E-state index contributed by atoms with van der Waals surface area (Å²) in [5.74, 6) is -0.620. The molecule has 0 bridgehead atoms. The minimum absolute atomic E-state index is 0.0835. The maximum atomic E-state index is 13.3. The van der Waals surface area contributed by atoms with E-state index in [1.54, 1.807) is 16.2 Å². The fourth-order valence-corrected chi connectivity index (χ4v) is 3.73. The van der Waals surface area contributed by atoms with Crippen LogP contribution in [0.1, 0.15) is 30.3 Å². The third kappa shape index (κ3) is 4.03. The Bertz CT molecular complexity index is 1360. The van der Waals surface area contributed by atoms with E-state index >= 15 is 0 Å². The first kappa shape index (κ1) is 21.4. The van der Waals surface area contributed by atoms with Crippen molar-refractivity contribution >= 4 is 22.8 Å². The van der Waals surface area contributed by atoms with Gasteiger partial charge < -0.3 is 5.32 Å². The van der Waals surface area contributed by atoms with Gasteiger partial charge >= 0.3 is 0 Å². The van der Waals surface area contributed by atoms with Crippen LogP contribution in [0.2, 0.25) is 0 Å². The smallest absolute Gasteiger partial charge is 0.273 e. The SMILES string of the molecule is CCn1c(=O)c(CCC(=O)Nc2ccc(F)cc2C)nc2c(C)nn(-c3ccccc3)c21. The predicted molar refractivity (Wildman–Crippen MR) is 122 cm³/mol. The van der Waals surface area contributed by atoms with Crippen molar-refractivity contribution in [3.63, 3.8) is 0 Å².